The van der Waals surface area contributed by atoms with Crippen LogP contribution in [0.25, 0.3) is 22.6 Å². The van der Waals surface area contributed by atoms with Gasteiger partial charge >= 0.3 is 0 Å². The third-order valence-corrected chi connectivity index (χ3v) is 5.09. The molecule has 1 amide bonds. The van der Waals surface area contributed by atoms with E-state index in [-0.39, 0.29) is 11.8 Å². The molecule has 2 aromatic heterocycles. The molecular formula is C24H30N4O2. The maximum atomic E-state index is 12.1. The maximum absolute atomic E-state index is 12.1. The zero-order valence-corrected chi connectivity index (χ0v) is 18.8. The van der Waals surface area contributed by atoms with Gasteiger partial charge in [0.15, 0.2) is 5.76 Å². The van der Waals surface area contributed by atoms with Crippen LogP contribution in [-0.2, 0) is 11.3 Å². The lowest BCUT2D eigenvalue weighted by Crippen LogP contribution is -2.34. The van der Waals surface area contributed by atoms with Crippen LogP contribution in [0.5, 0.6) is 0 Å². The predicted octanol–water partition coefficient (Wildman–Crippen LogP) is 5.20. The average molecular weight is 407 g/mol. The molecule has 0 saturated heterocycles. The molecule has 158 valence electrons. The summed E-state index contributed by atoms with van der Waals surface area (Å²) in [6.07, 6.45) is 1.82. The zero-order valence-electron chi connectivity index (χ0n) is 18.8. The Bertz CT molecular complexity index is 1040. The van der Waals surface area contributed by atoms with Crippen molar-refractivity contribution >= 4 is 5.91 Å². The smallest absolute Gasteiger partial charge is 0.225 e. The van der Waals surface area contributed by atoms with E-state index in [1.807, 2.05) is 65.1 Å². The number of carbonyl (C=O) groups excluding carboxylic acids is 1. The van der Waals surface area contributed by atoms with E-state index in [1.165, 1.54) is 0 Å². The van der Waals surface area contributed by atoms with Crippen LogP contribution in [0, 0.1) is 19.3 Å². The molecule has 0 spiro atoms. The van der Waals surface area contributed by atoms with Crippen molar-refractivity contribution in [2.45, 2.75) is 60.9 Å². The Morgan fingerprint density at radius 1 is 1.13 bits per heavy atom. The molecule has 0 aliphatic rings. The van der Waals surface area contributed by atoms with Gasteiger partial charge in [-0.2, -0.15) is 0 Å². The topological polar surface area (TPSA) is 80.9 Å². The highest BCUT2D eigenvalue weighted by Crippen LogP contribution is 2.34. The number of aromatic nitrogens is 3. The van der Waals surface area contributed by atoms with Crippen LogP contribution in [0.2, 0.25) is 0 Å². The van der Waals surface area contributed by atoms with E-state index in [0.29, 0.717) is 12.3 Å². The number of hydrogen-bond donors (Lipinski definition) is 1. The molecule has 0 fully saturated rings. The first-order valence-electron chi connectivity index (χ1n) is 10.3. The van der Waals surface area contributed by atoms with E-state index in [4.69, 9.17) is 9.51 Å². The number of carbonyl (C=O) groups is 1. The number of nitrogens with one attached hydrogen (secondary N) is 1. The Morgan fingerprint density at radius 2 is 1.80 bits per heavy atom. The number of aryl methyl sites for hydroxylation is 1. The molecular weight excluding hydrogens is 376 g/mol. The van der Waals surface area contributed by atoms with E-state index in [9.17, 15) is 4.79 Å². The number of amides is 1. The van der Waals surface area contributed by atoms with Crippen molar-refractivity contribution in [2.75, 3.05) is 0 Å². The van der Waals surface area contributed by atoms with Gasteiger partial charge in [-0.25, -0.2) is 9.97 Å². The number of nitrogens with zero attached hydrogens (tertiary/aromatic N) is 3. The van der Waals surface area contributed by atoms with Gasteiger partial charge in [0, 0.05) is 35.2 Å². The van der Waals surface area contributed by atoms with Crippen molar-refractivity contribution in [2.24, 2.45) is 5.41 Å². The van der Waals surface area contributed by atoms with Gasteiger partial charge in [0.2, 0.25) is 5.91 Å². The van der Waals surface area contributed by atoms with Gasteiger partial charge in [0.05, 0.1) is 17.0 Å². The van der Waals surface area contributed by atoms with Crippen molar-refractivity contribution in [1.29, 1.82) is 0 Å². The van der Waals surface area contributed by atoms with E-state index in [0.717, 1.165) is 39.5 Å². The van der Waals surface area contributed by atoms with Crippen LogP contribution in [0.3, 0.4) is 0 Å². The lowest BCUT2D eigenvalue weighted by Gasteiger charge is -2.17. The summed E-state index contributed by atoms with van der Waals surface area (Å²) < 4.78 is 5.59. The van der Waals surface area contributed by atoms with Gasteiger partial charge in [-0.3, -0.25) is 4.79 Å². The summed E-state index contributed by atoms with van der Waals surface area (Å²) in [5, 5.41) is 7.07. The minimum atomic E-state index is -0.407. The number of benzene rings is 1. The first-order valence-corrected chi connectivity index (χ1v) is 10.3. The van der Waals surface area contributed by atoms with E-state index in [2.05, 4.69) is 29.3 Å². The Balaban J connectivity index is 1.95. The van der Waals surface area contributed by atoms with Gasteiger partial charge in [-0.05, 0) is 19.4 Å². The van der Waals surface area contributed by atoms with Gasteiger partial charge in [0.25, 0.3) is 0 Å². The van der Waals surface area contributed by atoms with E-state index in [1.54, 1.807) is 0 Å². The first-order chi connectivity index (χ1) is 14.1. The molecule has 2 heterocycles. The largest absolute Gasteiger partial charge is 0.356 e. The van der Waals surface area contributed by atoms with Crippen molar-refractivity contribution in [1.82, 2.24) is 20.4 Å². The van der Waals surface area contributed by atoms with Crippen LogP contribution >= 0.6 is 0 Å². The Labute approximate surface area is 178 Å². The average Bonchev–Trinajstić information content (AvgIpc) is 3.03. The van der Waals surface area contributed by atoms with Crippen LogP contribution in [0.15, 0.2) is 35.0 Å². The summed E-state index contributed by atoms with van der Waals surface area (Å²) in [6.45, 7) is 14.3. The molecule has 0 radical (unpaired) electrons. The molecule has 0 aliphatic heterocycles. The molecule has 6 heteroatoms. The van der Waals surface area contributed by atoms with E-state index >= 15 is 0 Å². The SMILES string of the molecule is Cc1noc(-c2cnc(C(C)C)nc2-c2ccc(CNC(=O)C(C)(C)C)cc2)c1C. The highest BCUT2D eigenvalue weighted by atomic mass is 16.5. The minimum Gasteiger partial charge on any atom is -0.356 e. The second kappa shape index (κ2) is 8.38. The monoisotopic (exact) mass is 406 g/mol. The maximum Gasteiger partial charge on any atom is 0.225 e. The fraction of sp³-hybridized carbons (Fsp3) is 0.417. The normalized spacial score (nSPS) is 11.7. The highest BCUT2D eigenvalue weighted by molar-refractivity contribution is 5.81. The van der Waals surface area contributed by atoms with Crippen molar-refractivity contribution in [3.05, 3.63) is 53.1 Å². The van der Waals surface area contributed by atoms with Crippen LogP contribution in [0.1, 0.15) is 63.2 Å². The third-order valence-electron chi connectivity index (χ3n) is 5.09. The highest BCUT2D eigenvalue weighted by Gasteiger charge is 2.21. The van der Waals surface area contributed by atoms with Crippen molar-refractivity contribution in [3.8, 4) is 22.6 Å². The van der Waals surface area contributed by atoms with Crippen LogP contribution in [0.4, 0.5) is 0 Å². The van der Waals surface area contributed by atoms with E-state index < -0.39 is 5.41 Å². The van der Waals surface area contributed by atoms with Crippen LogP contribution in [-0.4, -0.2) is 21.0 Å². The molecule has 0 unspecified atom stereocenters. The standard InChI is InChI=1S/C24H30N4O2/c1-14(2)22-25-13-19(21-15(3)16(4)28-30-21)20(27-22)18-10-8-17(9-11-18)12-26-23(29)24(5,6)7/h8-11,13-14H,12H2,1-7H3,(H,26,29). The van der Waals surface area contributed by atoms with Gasteiger partial charge < -0.3 is 9.84 Å². The fourth-order valence-corrected chi connectivity index (χ4v) is 2.95. The lowest BCUT2D eigenvalue weighted by molar-refractivity contribution is -0.128. The Kier molecular flexibility index (Phi) is 6.06. The summed E-state index contributed by atoms with van der Waals surface area (Å²) in [5.74, 6) is 1.72. The van der Waals surface area contributed by atoms with Crippen LogP contribution < -0.4 is 5.32 Å². The molecule has 0 bridgehead atoms. The number of hydrogen-bond acceptors (Lipinski definition) is 5. The summed E-state index contributed by atoms with van der Waals surface area (Å²) in [4.78, 5) is 21.5. The van der Waals surface area contributed by atoms with Crippen molar-refractivity contribution in [3.63, 3.8) is 0 Å². The Morgan fingerprint density at radius 3 is 2.33 bits per heavy atom. The molecule has 6 nitrogen and oxygen atoms in total. The van der Waals surface area contributed by atoms with Gasteiger partial charge in [0.1, 0.15) is 5.82 Å². The summed E-state index contributed by atoms with van der Waals surface area (Å²) in [6, 6.07) is 8.07. The minimum absolute atomic E-state index is 0.0300. The van der Waals surface area contributed by atoms with Gasteiger partial charge in [-0.15, -0.1) is 0 Å². The second-order valence-electron chi connectivity index (χ2n) is 9.00. The quantitative estimate of drug-likeness (QED) is 0.630. The summed E-state index contributed by atoms with van der Waals surface area (Å²) in [7, 11) is 0. The predicted molar refractivity (Wildman–Crippen MR) is 118 cm³/mol. The molecule has 0 atom stereocenters. The fourth-order valence-electron chi connectivity index (χ4n) is 2.95. The lowest BCUT2D eigenvalue weighted by atomic mass is 9.95. The second-order valence-corrected chi connectivity index (χ2v) is 9.00. The van der Waals surface area contributed by atoms with Gasteiger partial charge in [-0.1, -0.05) is 64.0 Å². The van der Waals surface area contributed by atoms with Crippen molar-refractivity contribution < 1.29 is 9.32 Å². The first kappa shape index (κ1) is 21.7. The molecule has 1 aromatic carbocycles. The Hall–Kier alpha value is -3.02. The molecule has 3 aromatic rings. The molecule has 0 saturated carbocycles. The number of rotatable bonds is 5. The molecule has 1 N–H and O–H groups in total. The zero-order chi connectivity index (χ0) is 22.1. The summed E-state index contributed by atoms with van der Waals surface area (Å²) >= 11 is 0. The molecule has 3 rings (SSSR count). The third kappa shape index (κ3) is 4.58. The molecule has 0 aliphatic carbocycles. The summed E-state index contributed by atoms with van der Waals surface area (Å²) in [5.41, 5.74) is 5.07. The molecule has 30 heavy (non-hydrogen) atoms.